The Morgan fingerprint density at radius 3 is 2.41 bits per heavy atom. The van der Waals surface area contributed by atoms with Gasteiger partial charge in [-0.2, -0.15) is 0 Å². The van der Waals surface area contributed by atoms with Gasteiger partial charge in [0.1, 0.15) is 23.8 Å². The molecule has 1 aromatic heterocycles. The fourth-order valence-corrected chi connectivity index (χ4v) is 4.04. The van der Waals surface area contributed by atoms with Crippen molar-refractivity contribution < 1.29 is 23.5 Å². The minimum atomic E-state index is -0.822. The maximum atomic E-state index is 15.0. The van der Waals surface area contributed by atoms with Gasteiger partial charge in [0.25, 0.3) is 5.91 Å². The molecule has 0 bridgehead atoms. The van der Waals surface area contributed by atoms with Crippen molar-refractivity contribution in [2.24, 2.45) is 5.92 Å². The number of carbonyl (C=O) groups excluding carboxylic acids is 1. The average molecular weight is 440 g/mol. The van der Waals surface area contributed by atoms with E-state index in [1.165, 1.54) is 35.5 Å². The van der Waals surface area contributed by atoms with Gasteiger partial charge in [-0.25, -0.2) is 18.7 Å². The zero-order chi connectivity index (χ0) is 23.0. The molecule has 2 aromatic carbocycles. The van der Waals surface area contributed by atoms with Crippen LogP contribution in [0.25, 0.3) is 22.0 Å². The Morgan fingerprint density at radius 2 is 1.78 bits per heavy atom. The van der Waals surface area contributed by atoms with Crippen LogP contribution in [0.3, 0.4) is 0 Å². The Morgan fingerprint density at radius 1 is 1.06 bits per heavy atom. The lowest BCUT2D eigenvalue weighted by Gasteiger charge is -2.31. The molecule has 1 amide bonds. The highest BCUT2D eigenvalue weighted by Crippen LogP contribution is 2.35. The van der Waals surface area contributed by atoms with Crippen molar-refractivity contribution in [2.45, 2.75) is 12.8 Å². The first-order valence-electron chi connectivity index (χ1n) is 10.2. The first-order chi connectivity index (χ1) is 15.3. The number of hydrogen-bond acceptors (Lipinski definition) is 5. The summed E-state index contributed by atoms with van der Waals surface area (Å²) in [5.41, 5.74) is 0.945. The van der Waals surface area contributed by atoms with Gasteiger partial charge in [0.15, 0.2) is 0 Å². The monoisotopic (exact) mass is 440 g/mol. The highest BCUT2D eigenvalue weighted by atomic mass is 19.1. The predicted octanol–water partition coefficient (Wildman–Crippen LogP) is 3.58. The summed E-state index contributed by atoms with van der Waals surface area (Å²) in [4.78, 5) is 35.2. The van der Waals surface area contributed by atoms with E-state index in [-0.39, 0.29) is 22.6 Å². The van der Waals surface area contributed by atoms with E-state index in [4.69, 9.17) is 0 Å². The summed E-state index contributed by atoms with van der Waals surface area (Å²) < 4.78 is 29.6. The Hall–Kier alpha value is -3.62. The number of hydrogen-bond donors (Lipinski definition) is 1. The van der Waals surface area contributed by atoms with Crippen LogP contribution in [0.5, 0.6) is 0 Å². The first-order valence-corrected chi connectivity index (χ1v) is 10.2. The fourth-order valence-electron chi connectivity index (χ4n) is 4.04. The van der Waals surface area contributed by atoms with Crippen LogP contribution in [0, 0.1) is 17.6 Å². The van der Waals surface area contributed by atoms with Gasteiger partial charge in [-0.3, -0.25) is 9.59 Å². The molecule has 4 rings (SSSR count). The number of aromatic nitrogens is 2. The molecule has 32 heavy (non-hydrogen) atoms. The van der Waals surface area contributed by atoms with E-state index >= 15 is 0 Å². The molecule has 0 unspecified atom stereocenters. The van der Waals surface area contributed by atoms with Gasteiger partial charge < -0.3 is 14.9 Å². The van der Waals surface area contributed by atoms with Gasteiger partial charge >= 0.3 is 5.97 Å². The minimum absolute atomic E-state index is 0.124. The second-order valence-corrected chi connectivity index (χ2v) is 8.04. The quantitative estimate of drug-likeness (QED) is 0.668. The Kier molecular flexibility index (Phi) is 5.73. The summed E-state index contributed by atoms with van der Waals surface area (Å²) >= 11 is 0. The minimum Gasteiger partial charge on any atom is -0.481 e. The molecule has 1 N–H and O–H groups in total. The summed E-state index contributed by atoms with van der Waals surface area (Å²) in [7, 11) is 3.15. The first kappa shape index (κ1) is 21.6. The third kappa shape index (κ3) is 3.98. The van der Waals surface area contributed by atoms with Crippen molar-refractivity contribution in [2.75, 3.05) is 32.1 Å². The highest BCUT2D eigenvalue weighted by Gasteiger charge is 2.27. The molecule has 9 heteroatoms. The number of halogens is 2. The number of benzene rings is 2. The number of anilines is 1. The number of nitrogens with zero attached hydrogens (tertiary/aromatic N) is 4. The van der Waals surface area contributed by atoms with Gasteiger partial charge in [0.05, 0.1) is 11.4 Å². The lowest BCUT2D eigenvalue weighted by Crippen LogP contribution is -2.36. The van der Waals surface area contributed by atoms with Crippen molar-refractivity contribution in [3.8, 4) is 11.1 Å². The summed E-state index contributed by atoms with van der Waals surface area (Å²) in [6.07, 6.45) is 2.25. The molecule has 2 heterocycles. The van der Waals surface area contributed by atoms with Crippen molar-refractivity contribution >= 4 is 28.6 Å². The number of rotatable bonds is 4. The van der Waals surface area contributed by atoms with E-state index in [2.05, 4.69) is 9.97 Å². The van der Waals surface area contributed by atoms with Gasteiger partial charge in [0.2, 0.25) is 0 Å². The second-order valence-electron chi connectivity index (χ2n) is 8.04. The molecule has 0 radical (unpaired) electrons. The number of carboxylic acid groups (broad SMARTS) is 1. The number of piperidine rings is 1. The Bertz CT molecular complexity index is 1210. The molecule has 0 atom stereocenters. The maximum absolute atomic E-state index is 15.0. The van der Waals surface area contributed by atoms with Gasteiger partial charge in [-0.15, -0.1) is 0 Å². The third-order valence-corrected chi connectivity index (χ3v) is 5.74. The fraction of sp³-hybridized carbons (Fsp3) is 0.304. The number of amides is 1. The van der Waals surface area contributed by atoms with Crippen LogP contribution >= 0.6 is 0 Å². The normalized spacial score (nSPS) is 14.6. The molecule has 1 fully saturated rings. The maximum Gasteiger partial charge on any atom is 0.306 e. The summed E-state index contributed by atoms with van der Waals surface area (Å²) in [6, 6.07) is 6.59. The lowest BCUT2D eigenvalue weighted by atomic mass is 9.96. The van der Waals surface area contributed by atoms with Crippen LogP contribution in [0.2, 0.25) is 0 Å². The average Bonchev–Trinajstić information content (AvgIpc) is 2.77. The smallest absolute Gasteiger partial charge is 0.306 e. The molecule has 0 spiro atoms. The van der Waals surface area contributed by atoms with E-state index in [9.17, 15) is 23.5 Å². The van der Waals surface area contributed by atoms with Gasteiger partial charge in [-0.1, -0.05) is 6.07 Å². The van der Waals surface area contributed by atoms with Crippen LogP contribution in [-0.2, 0) is 4.79 Å². The molecule has 0 aliphatic carbocycles. The molecule has 166 valence electrons. The number of aliphatic carboxylic acids is 1. The third-order valence-electron chi connectivity index (χ3n) is 5.74. The van der Waals surface area contributed by atoms with Crippen LogP contribution in [0.15, 0.2) is 36.7 Å². The summed E-state index contributed by atoms with van der Waals surface area (Å²) in [5.74, 6) is -2.32. The number of fused-ring (bicyclic) bond motifs is 1. The van der Waals surface area contributed by atoms with E-state index < -0.39 is 23.5 Å². The van der Waals surface area contributed by atoms with Crippen LogP contribution in [-0.4, -0.2) is 59.0 Å². The zero-order valence-electron chi connectivity index (χ0n) is 17.7. The lowest BCUT2D eigenvalue weighted by molar-refractivity contribution is -0.142. The van der Waals surface area contributed by atoms with E-state index in [1.54, 1.807) is 14.1 Å². The van der Waals surface area contributed by atoms with Crippen molar-refractivity contribution in [1.82, 2.24) is 14.9 Å². The number of carbonyl (C=O) groups is 2. The SMILES string of the molecule is CN(C)C(=O)c1ccc(-c2cc(F)cc3c(N4CCC(C(=O)O)CC4)ncnc23)c(F)c1. The highest BCUT2D eigenvalue weighted by molar-refractivity contribution is 6.00. The molecule has 3 aromatic rings. The van der Waals surface area contributed by atoms with Crippen molar-refractivity contribution in [1.29, 1.82) is 0 Å². The second kappa shape index (κ2) is 8.49. The molecule has 1 saturated heterocycles. The molecule has 0 saturated carbocycles. The molecular weight excluding hydrogens is 418 g/mol. The molecule has 7 nitrogen and oxygen atoms in total. The number of carboxylic acids is 1. The van der Waals surface area contributed by atoms with Crippen LogP contribution in [0.1, 0.15) is 23.2 Å². The standard InChI is InChI=1S/C23H22F2N4O3/c1-28(2)22(30)14-3-4-16(19(25)9-14)17-10-15(24)11-18-20(17)26-12-27-21(18)29-7-5-13(6-8-29)23(31)32/h3-4,9-13H,5-8H2,1-2H3,(H,31,32). The molecular formula is C23H22F2N4O3. The predicted molar refractivity (Wildman–Crippen MR) is 115 cm³/mol. The topological polar surface area (TPSA) is 86.6 Å². The van der Waals surface area contributed by atoms with E-state index in [0.717, 1.165) is 6.07 Å². The summed E-state index contributed by atoms with van der Waals surface area (Å²) in [5, 5.41) is 9.64. The van der Waals surface area contributed by atoms with Gasteiger partial charge in [0, 0.05) is 49.3 Å². The van der Waals surface area contributed by atoms with Crippen LogP contribution in [0.4, 0.5) is 14.6 Å². The van der Waals surface area contributed by atoms with E-state index in [0.29, 0.717) is 42.7 Å². The van der Waals surface area contributed by atoms with Gasteiger partial charge in [-0.05, 0) is 37.1 Å². The van der Waals surface area contributed by atoms with Crippen molar-refractivity contribution in [3.63, 3.8) is 0 Å². The zero-order valence-corrected chi connectivity index (χ0v) is 17.7. The molecule has 1 aliphatic heterocycles. The molecule has 1 aliphatic rings. The summed E-state index contributed by atoms with van der Waals surface area (Å²) in [6.45, 7) is 0.926. The largest absolute Gasteiger partial charge is 0.481 e. The Balaban J connectivity index is 1.77. The van der Waals surface area contributed by atoms with Crippen LogP contribution < -0.4 is 4.90 Å². The Labute approximate surface area is 183 Å². The van der Waals surface area contributed by atoms with Crippen molar-refractivity contribution in [3.05, 3.63) is 53.9 Å². The van der Waals surface area contributed by atoms with E-state index in [1.807, 2.05) is 4.90 Å².